The van der Waals surface area contributed by atoms with Crippen molar-refractivity contribution < 1.29 is 13.2 Å². The molecule has 9 nitrogen and oxygen atoms in total. The average Bonchev–Trinajstić information content (AvgIpc) is 3.71. The Morgan fingerprint density at radius 2 is 1.75 bits per heavy atom. The third kappa shape index (κ3) is 4.60. The van der Waals surface area contributed by atoms with Gasteiger partial charge in [0, 0.05) is 61.7 Å². The minimum atomic E-state index is -1.06. The highest BCUT2D eigenvalue weighted by Crippen LogP contribution is 2.44. The van der Waals surface area contributed by atoms with E-state index in [1.165, 1.54) is 18.0 Å². The van der Waals surface area contributed by atoms with Gasteiger partial charge in [0.05, 0.1) is 29.8 Å². The molecular formula is C28H24F3N9. The number of hydrogen-bond acceptors (Lipinski definition) is 8. The Morgan fingerprint density at radius 1 is 0.950 bits per heavy atom. The van der Waals surface area contributed by atoms with Crippen LogP contribution in [0, 0.1) is 17.5 Å². The molecule has 202 valence electrons. The van der Waals surface area contributed by atoms with Crippen molar-refractivity contribution in [3.05, 3.63) is 78.3 Å². The molecule has 5 aromatic rings. The van der Waals surface area contributed by atoms with Gasteiger partial charge in [0.2, 0.25) is 0 Å². The van der Waals surface area contributed by atoms with Crippen molar-refractivity contribution in [1.82, 2.24) is 35.0 Å². The maximum atomic E-state index is 14.2. The lowest BCUT2D eigenvalue weighted by molar-refractivity contribution is 0.528. The highest BCUT2D eigenvalue weighted by Gasteiger charge is 2.29. The van der Waals surface area contributed by atoms with Crippen LogP contribution >= 0.6 is 0 Å². The van der Waals surface area contributed by atoms with Gasteiger partial charge in [0.1, 0.15) is 23.1 Å². The van der Waals surface area contributed by atoms with Crippen molar-refractivity contribution in [2.45, 2.75) is 18.8 Å². The van der Waals surface area contributed by atoms with Crippen molar-refractivity contribution >= 4 is 28.2 Å². The van der Waals surface area contributed by atoms with Crippen LogP contribution in [0.25, 0.3) is 28.0 Å². The lowest BCUT2D eigenvalue weighted by Crippen LogP contribution is -2.44. The van der Waals surface area contributed by atoms with E-state index in [2.05, 4.69) is 30.6 Å². The first-order chi connectivity index (χ1) is 19.5. The summed E-state index contributed by atoms with van der Waals surface area (Å²) in [6.45, 7) is 3.46. The number of benzene rings is 1. The molecule has 7 rings (SSSR count). The van der Waals surface area contributed by atoms with E-state index >= 15 is 0 Å². The van der Waals surface area contributed by atoms with E-state index in [0.29, 0.717) is 35.4 Å². The first kappa shape index (κ1) is 24.5. The van der Waals surface area contributed by atoms with Crippen molar-refractivity contribution in [1.29, 1.82) is 0 Å². The number of rotatable bonds is 6. The summed E-state index contributed by atoms with van der Waals surface area (Å²) in [7, 11) is 0. The molecule has 40 heavy (non-hydrogen) atoms. The van der Waals surface area contributed by atoms with E-state index in [9.17, 15) is 13.2 Å². The minimum Gasteiger partial charge on any atom is -0.353 e. The molecular weight excluding hydrogens is 519 g/mol. The number of pyridine rings is 2. The Kier molecular flexibility index (Phi) is 6.03. The number of hydrogen-bond donors (Lipinski definition) is 2. The van der Waals surface area contributed by atoms with Gasteiger partial charge in [-0.1, -0.05) is 0 Å². The molecule has 0 radical (unpaired) electrons. The zero-order valence-electron chi connectivity index (χ0n) is 21.3. The zero-order chi connectivity index (χ0) is 27.2. The molecule has 0 amide bonds. The number of fused-ring (bicyclic) bond motifs is 1. The smallest absolute Gasteiger partial charge is 0.162 e. The number of nitrogens with zero attached hydrogens (tertiary/aromatic N) is 7. The summed E-state index contributed by atoms with van der Waals surface area (Å²) in [6.07, 6.45) is 10.5. The van der Waals surface area contributed by atoms with Crippen LogP contribution in [0.4, 0.5) is 30.5 Å². The fourth-order valence-electron chi connectivity index (χ4n) is 5.08. The van der Waals surface area contributed by atoms with Crippen LogP contribution in [0.1, 0.15) is 24.3 Å². The van der Waals surface area contributed by atoms with Gasteiger partial charge in [0.25, 0.3) is 0 Å². The molecule has 0 unspecified atom stereocenters. The Balaban J connectivity index is 1.23. The first-order valence-corrected chi connectivity index (χ1v) is 13.1. The van der Waals surface area contributed by atoms with Gasteiger partial charge in [-0.2, -0.15) is 5.10 Å². The van der Waals surface area contributed by atoms with Crippen LogP contribution in [-0.2, 0) is 0 Å². The number of halogens is 3. The summed E-state index contributed by atoms with van der Waals surface area (Å²) in [6, 6.07) is 4.86. The zero-order valence-corrected chi connectivity index (χ0v) is 21.3. The number of aromatic nitrogens is 6. The topological polar surface area (TPSA) is 96.7 Å². The van der Waals surface area contributed by atoms with Crippen molar-refractivity contribution in [3.8, 4) is 17.1 Å². The van der Waals surface area contributed by atoms with Crippen LogP contribution in [0.2, 0.25) is 0 Å². The Morgan fingerprint density at radius 3 is 2.52 bits per heavy atom. The molecule has 12 heteroatoms. The fourth-order valence-corrected chi connectivity index (χ4v) is 5.08. The van der Waals surface area contributed by atoms with Crippen LogP contribution < -0.4 is 15.5 Å². The van der Waals surface area contributed by atoms with Gasteiger partial charge >= 0.3 is 0 Å². The summed E-state index contributed by atoms with van der Waals surface area (Å²) in [5.41, 5.74) is 2.72. The molecule has 2 N–H and O–H groups in total. The monoisotopic (exact) mass is 543 g/mol. The molecule has 1 aromatic carbocycles. The first-order valence-electron chi connectivity index (χ1n) is 13.1. The van der Waals surface area contributed by atoms with Gasteiger partial charge in [-0.25, -0.2) is 32.8 Å². The second-order valence-electron chi connectivity index (χ2n) is 9.95. The molecule has 1 saturated heterocycles. The quantitative estimate of drug-likeness (QED) is 0.318. The van der Waals surface area contributed by atoms with Gasteiger partial charge < -0.3 is 15.5 Å². The molecule has 1 aliphatic heterocycles. The molecule has 1 aliphatic carbocycles. The molecule has 0 atom stereocenters. The van der Waals surface area contributed by atoms with Crippen LogP contribution in [0.5, 0.6) is 0 Å². The fraction of sp³-hybridized carbons (Fsp3) is 0.250. The predicted octanol–water partition coefficient (Wildman–Crippen LogP) is 4.72. The lowest BCUT2D eigenvalue weighted by atomic mass is 10.1. The molecule has 4 aromatic heterocycles. The molecule has 0 spiro atoms. The maximum absolute atomic E-state index is 14.2. The predicted molar refractivity (Wildman–Crippen MR) is 144 cm³/mol. The van der Waals surface area contributed by atoms with Crippen molar-refractivity contribution in [2.75, 3.05) is 36.4 Å². The number of nitrogens with one attached hydrogen (secondary N) is 2. The largest absolute Gasteiger partial charge is 0.353 e. The summed E-state index contributed by atoms with van der Waals surface area (Å²) in [5.74, 6) is -0.674. The summed E-state index contributed by atoms with van der Waals surface area (Å²) in [5, 5.41) is 11.6. The van der Waals surface area contributed by atoms with Gasteiger partial charge in [0.15, 0.2) is 17.5 Å². The highest BCUT2D eigenvalue weighted by molar-refractivity contribution is 5.94. The number of anilines is 3. The van der Waals surface area contributed by atoms with E-state index in [1.54, 1.807) is 18.5 Å². The van der Waals surface area contributed by atoms with E-state index in [0.717, 1.165) is 66.0 Å². The van der Waals surface area contributed by atoms with E-state index in [-0.39, 0.29) is 0 Å². The van der Waals surface area contributed by atoms with Crippen molar-refractivity contribution in [2.24, 2.45) is 0 Å². The van der Waals surface area contributed by atoms with Gasteiger partial charge in [-0.15, -0.1) is 0 Å². The molecule has 0 bridgehead atoms. The second-order valence-corrected chi connectivity index (χ2v) is 9.95. The molecule has 5 heterocycles. The molecule has 2 aliphatic rings. The highest BCUT2D eigenvalue weighted by atomic mass is 19.1. The standard InChI is InChI=1S/C28H24F3N9/c29-18-10-21(30)26(22(31)11-18)40-15-19(12-35-40)36-24-9-17(3-4-34-24)27-37-23-14-33-13-20(16-1-2-16)25(23)28(38-27)39-7-5-32-6-8-39/h3-4,9-16,32H,1-2,5-8H2,(H,34,36). The Hall–Kier alpha value is -4.58. The SMILES string of the molecule is Fc1cc(F)c(-n2cc(Nc3cc(-c4nc(N5CCNCC5)c5c(C6CC6)cncc5n4)ccn3)cn2)c(F)c1. The van der Waals surface area contributed by atoms with E-state index in [4.69, 9.17) is 9.97 Å². The average molecular weight is 544 g/mol. The summed E-state index contributed by atoms with van der Waals surface area (Å²) < 4.78 is 42.8. The molecule has 2 fully saturated rings. The second kappa shape index (κ2) is 9.87. The lowest BCUT2D eigenvalue weighted by Gasteiger charge is -2.30. The third-order valence-electron chi connectivity index (χ3n) is 7.13. The van der Waals surface area contributed by atoms with Crippen LogP contribution in [0.3, 0.4) is 0 Å². The van der Waals surface area contributed by atoms with E-state index < -0.39 is 23.1 Å². The normalized spacial score (nSPS) is 15.5. The third-order valence-corrected chi connectivity index (χ3v) is 7.13. The van der Waals surface area contributed by atoms with Gasteiger partial charge in [-0.3, -0.25) is 4.98 Å². The van der Waals surface area contributed by atoms with Crippen LogP contribution in [-0.4, -0.2) is 55.9 Å². The van der Waals surface area contributed by atoms with Crippen LogP contribution in [0.15, 0.2) is 55.2 Å². The molecule has 1 saturated carbocycles. The number of piperazine rings is 1. The summed E-state index contributed by atoms with van der Waals surface area (Å²) >= 11 is 0. The Bertz CT molecular complexity index is 1710. The van der Waals surface area contributed by atoms with Crippen molar-refractivity contribution in [3.63, 3.8) is 0 Å². The maximum Gasteiger partial charge on any atom is 0.162 e. The minimum absolute atomic E-state index is 0.437. The van der Waals surface area contributed by atoms with Gasteiger partial charge in [-0.05, 0) is 36.5 Å². The van der Waals surface area contributed by atoms with E-state index in [1.807, 2.05) is 12.3 Å². The Labute approximate surface area is 227 Å². The summed E-state index contributed by atoms with van der Waals surface area (Å²) in [4.78, 5) is 21.1.